The van der Waals surface area contributed by atoms with Crippen LogP contribution in [-0.4, -0.2) is 16.4 Å². The molecule has 29 heavy (non-hydrogen) atoms. The van der Waals surface area contributed by atoms with E-state index in [2.05, 4.69) is 15.6 Å². The van der Waals surface area contributed by atoms with Crippen molar-refractivity contribution in [2.45, 2.75) is 31.1 Å². The third-order valence-electron chi connectivity index (χ3n) is 4.16. The Morgan fingerprint density at radius 1 is 1.17 bits per heavy atom. The van der Waals surface area contributed by atoms with Crippen LogP contribution in [0.1, 0.15) is 24.1 Å². The van der Waals surface area contributed by atoms with Gasteiger partial charge in [0.25, 0.3) is 0 Å². The summed E-state index contributed by atoms with van der Waals surface area (Å²) in [5.74, 6) is -2.43. The van der Waals surface area contributed by atoms with E-state index < -0.39 is 40.5 Å². The monoisotopic (exact) mass is 458 g/mol. The smallest absolute Gasteiger partial charge is 0.351 e. The van der Waals surface area contributed by atoms with Gasteiger partial charge in [0.05, 0.1) is 40.9 Å². The van der Waals surface area contributed by atoms with Gasteiger partial charge in [0.2, 0.25) is 5.91 Å². The molecular formula is C17H17Cl2F5N4O. The molecule has 4 N–H and O–H groups in total. The summed E-state index contributed by atoms with van der Waals surface area (Å²) in [6.45, 7) is -0.225. The summed E-state index contributed by atoms with van der Waals surface area (Å²) in [5, 5.41) is 4.66. The molecule has 0 aliphatic heterocycles. The number of benzene rings is 1. The van der Waals surface area contributed by atoms with Gasteiger partial charge in [-0.3, -0.25) is 9.78 Å². The maximum atomic E-state index is 14.1. The maximum absolute atomic E-state index is 14.1. The lowest BCUT2D eigenvalue weighted by Crippen LogP contribution is -2.42. The van der Waals surface area contributed by atoms with Gasteiger partial charge in [-0.2, -0.15) is 13.2 Å². The fourth-order valence-corrected chi connectivity index (χ4v) is 2.40. The molecule has 0 unspecified atom stereocenters. The highest BCUT2D eigenvalue weighted by atomic mass is 35.5. The van der Waals surface area contributed by atoms with Crippen LogP contribution in [0.3, 0.4) is 0 Å². The van der Waals surface area contributed by atoms with Crippen LogP contribution in [0.25, 0.3) is 0 Å². The number of rotatable bonds is 5. The summed E-state index contributed by atoms with van der Waals surface area (Å²) in [6.07, 6.45) is -2.66. The first kappa shape index (κ1) is 24.9. The lowest BCUT2D eigenvalue weighted by Gasteiger charge is -2.15. The van der Waals surface area contributed by atoms with Crippen LogP contribution in [0.15, 0.2) is 30.5 Å². The number of pyridine rings is 1. The Hall–Kier alpha value is -2.17. The van der Waals surface area contributed by atoms with Gasteiger partial charge in [0.15, 0.2) is 0 Å². The number of nitrogens with zero attached hydrogens (tertiary/aromatic N) is 1. The molecule has 1 fully saturated rings. The first-order valence-corrected chi connectivity index (χ1v) is 7.94. The number of carbonyl (C=O) groups is 1. The summed E-state index contributed by atoms with van der Waals surface area (Å²) in [7, 11) is 0. The molecule has 1 amide bonds. The highest BCUT2D eigenvalue weighted by Gasteiger charge is 2.45. The van der Waals surface area contributed by atoms with Gasteiger partial charge in [0.1, 0.15) is 11.6 Å². The minimum atomic E-state index is -4.79. The number of hydrogen-bond acceptors (Lipinski definition) is 4. The van der Waals surface area contributed by atoms with Crippen molar-refractivity contribution in [3.05, 3.63) is 53.4 Å². The van der Waals surface area contributed by atoms with Crippen molar-refractivity contribution in [2.24, 2.45) is 5.73 Å². The molecule has 1 aromatic heterocycles. The number of aromatic nitrogens is 1. The van der Waals surface area contributed by atoms with Crippen molar-refractivity contribution in [2.75, 3.05) is 5.32 Å². The van der Waals surface area contributed by atoms with E-state index in [4.69, 9.17) is 5.73 Å². The van der Waals surface area contributed by atoms with E-state index in [9.17, 15) is 26.7 Å². The summed E-state index contributed by atoms with van der Waals surface area (Å²) < 4.78 is 67.0. The summed E-state index contributed by atoms with van der Waals surface area (Å²) in [4.78, 5) is 15.5. The third kappa shape index (κ3) is 5.68. The SMILES string of the molecule is Cl.Cl.NC1(C(=O)NCc2ncc(Nc3c(F)cccc3C(F)(F)F)cc2F)CC1. The van der Waals surface area contributed by atoms with Gasteiger partial charge < -0.3 is 16.4 Å². The fraction of sp³-hybridized carbons (Fsp3) is 0.294. The fourth-order valence-electron chi connectivity index (χ4n) is 2.40. The highest BCUT2D eigenvalue weighted by Crippen LogP contribution is 2.37. The number of amides is 1. The first-order chi connectivity index (χ1) is 12.6. The molecule has 0 spiro atoms. The molecule has 1 aliphatic rings. The molecule has 1 heterocycles. The van der Waals surface area contributed by atoms with E-state index in [-0.39, 0.29) is 42.7 Å². The van der Waals surface area contributed by atoms with Gasteiger partial charge in [-0.15, -0.1) is 24.8 Å². The Morgan fingerprint density at radius 3 is 2.38 bits per heavy atom. The number of hydrogen-bond donors (Lipinski definition) is 3. The second kappa shape index (κ2) is 9.10. The van der Waals surface area contributed by atoms with Gasteiger partial charge >= 0.3 is 6.18 Å². The van der Waals surface area contributed by atoms with Crippen LogP contribution >= 0.6 is 24.8 Å². The van der Waals surface area contributed by atoms with Crippen LogP contribution in [-0.2, 0) is 17.5 Å². The van der Waals surface area contributed by atoms with E-state index in [0.29, 0.717) is 18.9 Å². The molecule has 0 bridgehead atoms. The van der Waals surface area contributed by atoms with Crippen LogP contribution in [0.4, 0.5) is 33.3 Å². The Kier molecular flexibility index (Phi) is 7.80. The molecule has 3 rings (SSSR count). The Bertz CT molecular complexity index is 891. The average molecular weight is 459 g/mol. The average Bonchev–Trinajstić information content (AvgIpc) is 3.33. The quantitative estimate of drug-likeness (QED) is 0.589. The van der Waals surface area contributed by atoms with E-state index >= 15 is 0 Å². The largest absolute Gasteiger partial charge is 0.418 e. The number of nitrogens with one attached hydrogen (secondary N) is 2. The number of nitrogens with two attached hydrogens (primary N) is 1. The highest BCUT2D eigenvalue weighted by molar-refractivity contribution is 5.88. The lowest BCUT2D eigenvalue weighted by molar-refractivity contribution is -0.137. The normalized spacial score (nSPS) is 14.3. The standard InChI is InChI=1S/C17H15F5N4O.2ClH/c18-11-3-1-2-10(17(20,21)22)14(11)26-9-6-12(19)13(24-7-9)8-25-15(27)16(23)4-5-16;;/h1-3,6-7,26H,4-5,8,23H2,(H,25,27);2*1H. The van der Waals surface area contributed by atoms with Gasteiger partial charge in [-0.1, -0.05) is 6.07 Å². The van der Waals surface area contributed by atoms with Gasteiger partial charge in [-0.05, 0) is 25.0 Å². The maximum Gasteiger partial charge on any atom is 0.418 e. The van der Waals surface area contributed by atoms with Crippen LogP contribution < -0.4 is 16.4 Å². The van der Waals surface area contributed by atoms with E-state index in [1.807, 2.05) is 0 Å². The molecule has 0 atom stereocenters. The zero-order valence-electron chi connectivity index (χ0n) is 14.6. The van der Waals surface area contributed by atoms with Crippen LogP contribution in [0.2, 0.25) is 0 Å². The minimum Gasteiger partial charge on any atom is -0.351 e. The molecule has 0 radical (unpaired) electrons. The summed E-state index contributed by atoms with van der Waals surface area (Å²) in [6, 6.07) is 3.36. The molecular weight excluding hydrogens is 442 g/mol. The molecule has 12 heteroatoms. The van der Waals surface area contributed by atoms with Crippen LogP contribution in [0.5, 0.6) is 0 Å². The van der Waals surface area contributed by atoms with E-state index in [1.165, 1.54) is 0 Å². The zero-order valence-corrected chi connectivity index (χ0v) is 16.3. The van der Waals surface area contributed by atoms with Crippen molar-refractivity contribution in [3.63, 3.8) is 0 Å². The second-order valence-corrected chi connectivity index (χ2v) is 6.28. The Morgan fingerprint density at radius 2 is 1.83 bits per heavy atom. The zero-order chi connectivity index (χ0) is 19.8. The predicted octanol–water partition coefficient (Wildman–Crippen LogP) is 4.07. The van der Waals surface area contributed by atoms with Crippen molar-refractivity contribution < 1.29 is 26.7 Å². The number of anilines is 2. The van der Waals surface area contributed by atoms with Crippen molar-refractivity contribution >= 4 is 42.1 Å². The second-order valence-electron chi connectivity index (χ2n) is 6.28. The minimum absolute atomic E-state index is 0. The summed E-state index contributed by atoms with van der Waals surface area (Å²) in [5.41, 5.74) is 2.44. The molecule has 160 valence electrons. The van der Waals surface area contributed by atoms with E-state index in [1.54, 1.807) is 0 Å². The Balaban J connectivity index is 0.00000210. The van der Waals surface area contributed by atoms with Gasteiger partial charge in [-0.25, -0.2) is 8.78 Å². The molecule has 1 aromatic carbocycles. The van der Waals surface area contributed by atoms with Gasteiger partial charge in [0, 0.05) is 6.07 Å². The van der Waals surface area contributed by atoms with E-state index in [0.717, 1.165) is 24.4 Å². The predicted molar refractivity (Wildman–Crippen MR) is 101 cm³/mol. The third-order valence-corrected chi connectivity index (χ3v) is 4.16. The van der Waals surface area contributed by atoms with Crippen molar-refractivity contribution in [1.82, 2.24) is 10.3 Å². The topological polar surface area (TPSA) is 80.0 Å². The molecule has 1 aliphatic carbocycles. The summed E-state index contributed by atoms with van der Waals surface area (Å²) >= 11 is 0. The number of alkyl halides is 3. The van der Waals surface area contributed by atoms with Crippen molar-refractivity contribution in [1.29, 1.82) is 0 Å². The Labute approximate surface area is 175 Å². The molecule has 2 aromatic rings. The molecule has 0 saturated heterocycles. The molecule has 5 nitrogen and oxygen atoms in total. The number of carbonyl (C=O) groups excluding carboxylic acids is 1. The lowest BCUT2D eigenvalue weighted by atomic mass is 10.1. The van der Waals surface area contributed by atoms with Crippen LogP contribution in [0, 0.1) is 11.6 Å². The van der Waals surface area contributed by atoms with Crippen molar-refractivity contribution in [3.8, 4) is 0 Å². The molecule has 1 saturated carbocycles. The number of halogens is 7. The first-order valence-electron chi connectivity index (χ1n) is 7.94. The number of para-hydroxylation sites is 1.